The topological polar surface area (TPSA) is 65.7 Å². The molecule has 116 valence electrons. The fourth-order valence-corrected chi connectivity index (χ4v) is 3.69. The third kappa shape index (κ3) is 2.92. The Hall–Kier alpha value is -2.08. The molecule has 0 saturated heterocycles. The Morgan fingerprint density at radius 2 is 2.09 bits per heavy atom. The highest BCUT2D eigenvalue weighted by Crippen LogP contribution is 2.30. The highest BCUT2D eigenvalue weighted by molar-refractivity contribution is 7.14. The smallest absolute Gasteiger partial charge is 0.348 e. The summed E-state index contributed by atoms with van der Waals surface area (Å²) in [5.74, 6) is -0.598. The highest BCUT2D eigenvalue weighted by atomic mass is 32.1. The highest BCUT2D eigenvalue weighted by Gasteiger charge is 2.20. The molecule has 5 nitrogen and oxygen atoms in total. The molecule has 1 aliphatic carbocycles. The van der Waals surface area contributed by atoms with Crippen LogP contribution in [0.5, 0.6) is 0 Å². The van der Waals surface area contributed by atoms with Gasteiger partial charge in [0.15, 0.2) is 12.4 Å². The lowest BCUT2D eigenvalue weighted by molar-refractivity contribution is 0.0437. The minimum atomic E-state index is -0.508. The van der Waals surface area contributed by atoms with Gasteiger partial charge < -0.3 is 13.9 Å². The van der Waals surface area contributed by atoms with Crippen LogP contribution in [0.1, 0.15) is 49.1 Å². The average Bonchev–Trinajstić information content (AvgIpc) is 3.18. The zero-order valence-electron chi connectivity index (χ0n) is 12.2. The first kappa shape index (κ1) is 14.8. The van der Waals surface area contributed by atoms with Gasteiger partial charge in [0.05, 0.1) is 13.4 Å². The number of methoxy groups -OCH3 is 1. The van der Waals surface area contributed by atoms with Crippen LogP contribution in [0.25, 0.3) is 0 Å². The Bertz CT molecular complexity index is 674. The van der Waals surface area contributed by atoms with Gasteiger partial charge >= 0.3 is 11.9 Å². The number of aryl methyl sites for hydroxylation is 2. The summed E-state index contributed by atoms with van der Waals surface area (Å²) in [6.45, 7) is -0.0845. The van der Waals surface area contributed by atoms with Gasteiger partial charge in [0.2, 0.25) is 0 Å². The van der Waals surface area contributed by atoms with Gasteiger partial charge in [-0.2, -0.15) is 0 Å². The summed E-state index contributed by atoms with van der Waals surface area (Å²) in [5, 5.41) is 0. The molecule has 0 radical (unpaired) electrons. The summed E-state index contributed by atoms with van der Waals surface area (Å²) in [7, 11) is 1.29. The maximum atomic E-state index is 12.1. The Morgan fingerprint density at radius 1 is 1.27 bits per heavy atom. The van der Waals surface area contributed by atoms with Crippen molar-refractivity contribution in [3.8, 4) is 0 Å². The number of esters is 2. The molecular weight excluding hydrogens is 304 g/mol. The van der Waals surface area contributed by atoms with Crippen LogP contribution in [-0.2, 0) is 28.9 Å². The number of fused-ring (bicyclic) bond motifs is 1. The van der Waals surface area contributed by atoms with Crippen molar-refractivity contribution in [3.63, 3.8) is 0 Å². The van der Waals surface area contributed by atoms with E-state index < -0.39 is 5.97 Å². The molecule has 0 bridgehead atoms. The van der Waals surface area contributed by atoms with E-state index in [-0.39, 0.29) is 18.1 Å². The lowest BCUT2D eigenvalue weighted by atomic mass is 9.99. The zero-order chi connectivity index (χ0) is 15.5. The van der Waals surface area contributed by atoms with Crippen LogP contribution in [0.15, 0.2) is 22.8 Å². The summed E-state index contributed by atoms with van der Waals surface area (Å²) in [5.41, 5.74) is 1.54. The Kier molecular flexibility index (Phi) is 4.29. The maximum absolute atomic E-state index is 12.1. The van der Waals surface area contributed by atoms with E-state index in [4.69, 9.17) is 9.15 Å². The van der Waals surface area contributed by atoms with Gasteiger partial charge in [0.25, 0.3) is 0 Å². The molecule has 0 spiro atoms. The minimum Gasteiger partial charge on any atom is -0.465 e. The predicted molar refractivity (Wildman–Crippen MR) is 80.1 cm³/mol. The van der Waals surface area contributed by atoms with Crippen LogP contribution in [0, 0.1) is 0 Å². The molecule has 0 fully saturated rings. The Morgan fingerprint density at radius 3 is 2.86 bits per heavy atom. The van der Waals surface area contributed by atoms with Crippen molar-refractivity contribution in [2.24, 2.45) is 0 Å². The van der Waals surface area contributed by atoms with E-state index in [1.807, 2.05) is 6.07 Å². The monoisotopic (exact) mass is 320 g/mol. The molecule has 2 heterocycles. The fraction of sp³-hybridized carbons (Fsp3) is 0.375. The normalized spacial score (nSPS) is 13.5. The van der Waals surface area contributed by atoms with Crippen molar-refractivity contribution < 1.29 is 23.5 Å². The molecule has 2 aromatic rings. The van der Waals surface area contributed by atoms with Crippen LogP contribution < -0.4 is 0 Å². The molecule has 2 aromatic heterocycles. The van der Waals surface area contributed by atoms with E-state index in [1.54, 1.807) is 0 Å². The van der Waals surface area contributed by atoms with Crippen molar-refractivity contribution in [3.05, 3.63) is 45.0 Å². The van der Waals surface area contributed by atoms with Crippen LogP contribution in [0.2, 0.25) is 0 Å². The molecule has 0 atom stereocenters. The Labute approximate surface area is 131 Å². The molecule has 3 rings (SSSR count). The van der Waals surface area contributed by atoms with Crippen molar-refractivity contribution in [2.45, 2.75) is 32.3 Å². The number of rotatable bonds is 4. The lowest BCUT2D eigenvalue weighted by Crippen LogP contribution is -2.07. The van der Waals surface area contributed by atoms with Crippen LogP contribution in [0.3, 0.4) is 0 Å². The summed E-state index contributed by atoms with van der Waals surface area (Å²) >= 11 is 1.50. The van der Waals surface area contributed by atoms with E-state index in [9.17, 15) is 9.59 Å². The third-order valence-electron chi connectivity index (χ3n) is 3.68. The quantitative estimate of drug-likeness (QED) is 0.808. The van der Waals surface area contributed by atoms with E-state index in [2.05, 4.69) is 4.74 Å². The fourth-order valence-electron chi connectivity index (χ4n) is 2.54. The molecule has 0 amide bonds. The van der Waals surface area contributed by atoms with Crippen molar-refractivity contribution in [1.82, 2.24) is 0 Å². The summed E-state index contributed by atoms with van der Waals surface area (Å²) in [6, 6.07) is 3.42. The average molecular weight is 320 g/mol. The first-order valence-electron chi connectivity index (χ1n) is 7.12. The van der Waals surface area contributed by atoms with Gasteiger partial charge in [-0.1, -0.05) is 0 Å². The van der Waals surface area contributed by atoms with E-state index in [0.29, 0.717) is 10.6 Å². The number of thiophene rings is 1. The van der Waals surface area contributed by atoms with Gasteiger partial charge in [0.1, 0.15) is 10.4 Å². The molecular formula is C16H16O5S. The standard InChI is InChI=1S/C16H16O5S/c1-19-15(17)11-6-7-20-12(11)9-21-16(18)14-8-10-4-2-3-5-13(10)22-14/h6-8H,2-5,9H2,1H3. The maximum Gasteiger partial charge on any atom is 0.348 e. The largest absolute Gasteiger partial charge is 0.465 e. The zero-order valence-corrected chi connectivity index (χ0v) is 13.0. The van der Waals surface area contributed by atoms with Gasteiger partial charge in [-0.25, -0.2) is 9.59 Å². The first-order valence-corrected chi connectivity index (χ1v) is 7.94. The van der Waals surface area contributed by atoms with Gasteiger partial charge in [-0.15, -0.1) is 11.3 Å². The van der Waals surface area contributed by atoms with Crippen LogP contribution >= 0.6 is 11.3 Å². The molecule has 22 heavy (non-hydrogen) atoms. The van der Waals surface area contributed by atoms with Gasteiger partial charge in [-0.05, 0) is 43.4 Å². The minimum absolute atomic E-state index is 0.0845. The van der Waals surface area contributed by atoms with Crippen molar-refractivity contribution >= 4 is 23.3 Å². The first-order chi connectivity index (χ1) is 10.7. The number of ether oxygens (including phenoxy) is 2. The second-order valence-corrected chi connectivity index (χ2v) is 6.23. The van der Waals surface area contributed by atoms with Crippen molar-refractivity contribution in [1.29, 1.82) is 0 Å². The molecule has 0 unspecified atom stereocenters. The predicted octanol–water partition coefficient (Wildman–Crippen LogP) is 3.36. The third-order valence-corrected chi connectivity index (χ3v) is 4.90. The second-order valence-electron chi connectivity index (χ2n) is 5.09. The Balaban J connectivity index is 1.66. The number of hydrogen-bond donors (Lipinski definition) is 0. The van der Waals surface area contributed by atoms with Gasteiger partial charge in [0, 0.05) is 4.88 Å². The van der Waals surface area contributed by atoms with E-state index >= 15 is 0 Å². The second kappa shape index (κ2) is 6.36. The van der Waals surface area contributed by atoms with E-state index in [1.165, 1.54) is 54.1 Å². The molecule has 0 N–H and O–H groups in total. The lowest BCUT2D eigenvalue weighted by Gasteiger charge is -2.08. The van der Waals surface area contributed by atoms with Crippen molar-refractivity contribution in [2.75, 3.05) is 7.11 Å². The molecule has 0 aliphatic heterocycles. The van der Waals surface area contributed by atoms with Crippen LogP contribution in [0.4, 0.5) is 0 Å². The van der Waals surface area contributed by atoms with Gasteiger partial charge in [-0.3, -0.25) is 0 Å². The summed E-state index contributed by atoms with van der Waals surface area (Å²) in [6.07, 6.45) is 5.80. The summed E-state index contributed by atoms with van der Waals surface area (Å²) in [4.78, 5) is 25.6. The molecule has 0 saturated carbocycles. The number of hydrogen-bond acceptors (Lipinski definition) is 6. The number of carbonyl (C=O) groups excluding carboxylic acids is 2. The number of furan rings is 1. The number of carbonyl (C=O) groups is 2. The molecule has 6 heteroatoms. The molecule has 1 aliphatic rings. The summed E-state index contributed by atoms with van der Waals surface area (Å²) < 4.78 is 15.1. The van der Waals surface area contributed by atoms with Crippen LogP contribution in [-0.4, -0.2) is 19.0 Å². The van der Waals surface area contributed by atoms with E-state index in [0.717, 1.165) is 12.8 Å². The SMILES string of the molecule is COC(=O)c1ccoc1COC(=O)c1cc2c(s1)CCCC2. The molecule has 0 aromatic carbocycles.